The van der Waals surface area contributed by atoms with E-state index >= 15 is 0 Å². The zero-order valence-corrected chi connectivity index (χ0v) is 13.4. The molecular weight excluding hydrogens is 297 g/mol. The lowest BCUT2D eigenvalue weighted by atomic mass is 9.96. The molecule has 0 radical (unpaired) electrons. The van der Waals surface area contributed by atoms with Crippen molar-refractivity contribution in [2.75, 3.05) is 12.8 Å². The summed E-state index contributed by atoms with van der Waals surface area (Å²) >= 11 is 17.3. The number of hydrogen-bond acceptors (Lipinski definition) is 2. The molecule has 0 amide bonds. The van der Waals surface area contributed by atoms with Gasteiger partial charge in [-0.15, -0.1) is 0 Å². The SMILES string of the molecule is CCO[Si](=CC(Cl)(Cl)Cl)CNC1CCCCC1. The second-order valence-corrected chi connectivity index (χ2v) is 8.53. The van der Waals surface area contributed by atoms with Crippen molar-refractivity contribution in [1.82, 2.24) is 5.32 Å². The Balaban J connectivity index is 2.40. The van der Waals surface area contributed by atoms with E-state index in [1.54, 1.807) is 5.67 Å². The van der Waals surface area contributed by atoms with Crippen molar-refractivity contribution in [3.63, 3.8) is 0 Å². The first-order valence-corrected chi connectivity index (χ1v) is 8.98. The minimum absolute atomic E-state index is 0.619. The van der Waals surface area contributed by atoms with Crippen LogP contribution >= 0.6 is 34.8 Å². The molecule has 6 heteroatoms. The molecule has 1 aliphatic carbocycles. The van der Waals surface area contributed by atoms with Crippen molar-refractivity contribution in [2.24, 2.45) is 0 Å². The lowest BCUT2D eigenvalue weighted by Crippen LogP contribution is -2.39. The van der Waals surface area contributed by atoms with Crippen molar-refractivity contribution in [3.8, 4) is 0 Å². The highest BCUT2D eigenvalue weighted by Crippen LogP contribution is 2.23. The lowest BCUT2D eigenvalue weighted by molar-refractivity contribution is 0.342. The minimum atomic E-state index is -1.31. The molecule has 0 aromatic heterocycles. The zero-order valence-electron chi connectivity index (χ0n) is 10.1. The highest BCUT2D eigenvalue weighted by molar-refractivity contribution is 6.82. The molecule has 0 atom stereocenters. The summed E-state index contributed by atoms with van der Waals surface area (Å²) in [4.78, 5) is 0. The van der Waals surface area contributed by atoms with Crippen LogP contribution < -0.4 is 5.32 Å². The van der Waals surface area contributed by atoms with Gasteiger partial charge in [-0.05, 0) is 25.4 Å². The van der Waals surface area contributed by atoms with E-state index < -0.39 is 12.4 Å². The third kappa shape index (κ3) is 7.68. The van der Waals surface area contributed by atoms with Crippen LogP contribution in [0, 0.1) is 0 Å². The Bertz CT molecular complexity index is 250. The molecule has 0 saturated heterocycles. The number of nitrogens with one attached hydrogen (secondary N) is 1. The van der Waals surface area contributed by atoms with Crippen LogP contribution in [0.15, 0.2) is 0 Å². The van der Waals surface area contributed by atoms with E-state index in [2.05, 4.69) is 5.32 Å². The molecule has 1 aliphatic rings. The molecule has 1 N–H and O–H groups in total. The summed E-state index contributed by atoms with van der Waals surface area (Å²) in [5, 5.41) is 3.54. The first kappa shape index (κ1) is 15.8. The predicted molar refractivity (Wildman–Crippen MR) is 78.6 cm³/mol. The predicted octanol–water partition coefficient (Wildman–Crippen LogP) is 3.23. The summed E-state index contributed by atoms with van der Waals surface area (Å²) in [5.74, 6) is 0. The fourth-order valence-corrected chi connectivity index (χ4v) is 4.67. The maximum atomic E-state index is 5.78. The average molecular weight is 317 g/mol. The van der Waals surface area contributed by atoms with Gasteiger partial charge in [0.05, 0.1) is 6.61 Å². The first-order chi connectivity index (χ1) is 8.01. The summed E-state index contributed by atoms with van der Waals surface area (Å²) < 4.78 is 4.33. The summed E-state index contributed by atoms with van der Waals surface area (Å²) in [7, 11) is -1.18. The molecule has 0 aromatic carbocycles. The maximum absolute atomic E-state index is 5.78. The second kappa shape index (κ2) is 8.00. The summed E-state index contributed by atoms with van der Waals surface area (Å²) in [6.07, 6.45) is 7.34. The molecular formula is C11H20Cl3NOSi. The highest BCUT2D eigenvalue weighted by Gasteiger charge is 2.20. The van der Waals surface area contributed by atoms with E-state index in [9.17, 15) is 0 Å². The van der Waals surface area contributed by atoms with Crippen molar-refractivity contribution < 1.29 is 4.43 Å². The number of alkyl halides is 3. The minimum Gasteiger partial charge on any atom is -0.550 e. The van der Waals surface area contributed by atoms with Gasteiger partial charge in [-0.25, -0.2) is 0 Å². The Morgan fingerprint density at radius 3 is 2.47 bits per heavy atom. The molecule has 1 saturated carbocycles. The Morgan fingerprint density at radius 2 is 1.94 bits per heavy atom. The van der Waals surface area contributed by atoms with Crippen LogP contribution in [0.25, 0.3) is 0 Å². The van der Waals surface area contributed by atoms with E-state index in [0.29, 0.717) is 12.6 Å². The molecule has 100 valence electrons. The van der Waals surface area contributed by atoms with Crippen LogP contribution in [0.4, 0.5) is 0 Å². The Hall–Kier alpha value is 0.717. The third-order valence-corrected chi connectivity index (χ3v) is 5.67. The van der Waals surface area contributed by atoms with E-state index in [0.717, 1.165) is 6.17 Å². The van der Waals surface area contributed by atoms with Gasteiger partial charge in [0.2, 0.25) is 12.4 Å². The summed E-state index contributed by atoms with van der Waals surface area (Å²) in [6.45, 7) is 2.63. The zero-order chi connectivity index (χ0) is 12.7. The van der Waals surface area contributed by atoms with Crippen LogP contribution in [0.1, 0.15) is 39.0 Å². The molecule has 0 heterocycles. The van der Waals surface area contributed by atoms with Crippen LogP contribution in [-0.4, -0.2) is 36.9 Å². The molecule has 17 heavy (non-hydrogen) atoms. The smallest absolute Gasteiger partial charge is 0.246 e. The monoisotopic (exact) mass is 315 g/mol. The molecule has 1 rings (SSSR count). The largest absolute Gasteiger partial charge is 0.550 e. The van der Waals surface area contributed by atoms with E-state index in [4.69, 9.17) is 39.2 Å². The van der Waals surface area contributed by atoms with Crippen molar-refractivity contribution in [3.05, 3.63) is 0 Å². The van der Waals surface area contributed by atoms with E-state index in [-0.39, 0.29) is 0 Å². The average Bonchev–Trinajstić information content (AvgIpc) is 2.26. The molecule has 0 aliphatic heterocycles. The van der Waals surface area contributed by atoms with Gasteiger partial charge in [0.1, 0.15) is 0 Å². The number of hydrogen-bond donors (Lipinski definition) is 1. The molecule has 0 bridgehead atoms. The van der Waals surface area contributed by atoms with Gasteiger partial charge in [-0.2, -0.15) is 0 Å². The van der Waals surface area contributed by atoms with Crippen LogP contribution in [-0.2, 0) is 4.43 Å². The Kier molecular flexibility index (Phi) is 7.42. The maximum Gasteiger partial charge on any atom is 0.246 e. The van der Waals surface area contributed by atoms with Crippen molar-refractivity contribution in [1.29, 1.82) is 0 Å². The standard InChI is InChI=1S/C11H20Cl3NOSi/c1-2-16-17(8-11(12,13)14)9-15-10-6-4-3-5-7-10/h8,10,15H,2-7,9H2,1H3. The Labute approximate surface area is 120 Å². The van der Waals surface area contributed by atoms with Gasteiger partial charge in [0.15, 0.2) is 0 Å². The lowest BCUT2D eigenvalue weighted by Gasteiger charge is -2.23. The first-order valence-electron chi connectivity index (χ1n) is 6.16. The fraction of sp³-hybridized carbons (Fsp3) is 0.909. The molecule has 0 aromatic rings. The molecule has 0 spiro atoms. The van der Waals surface area contributed by atoms with Gasteiger partial charge in [0, 0.05) is 12.2 Å². The number of halogens is 3. The van der Waals surface area contributed by atoms with Gasteiger partial charge in [-0.1, -0.05) is 54.1 Å². The second-order valence-electron chi connectivity index (χ2n) is 4.30. The summed E-state index contributed by atoms with van der Waals surface area (Å²) in [6, 6.07) is 0.619. The van der Waals surface area contributed by atoms with Gasteiger partial charge >= 0.3 is 0 Å². The van der Waals surface area contributed by atoms with E-state index in [1.807, 2.05) is 6.92 Å². The Morgan fingerprint density at radius 1 is 1.29 bits per heavy atom. The molecule has 0 unspecified atom stereocenters. The van der Waals surface area contributed by atoms with Gasteiger partial charge < -0.3 is 9.74 Å². The van der Waals surface area contributed by atoms with Crippen LogP contribution in [0.3, 0.4) is 0 Å². The highest BCUT2D eigenvalue weighted by atomic mass is 35.6. The topological polar surface area (TPSA) is 21.3 Å². The molecule has 2 nitrogen and oxygen atoms in total. The van der Waals surface area contributed by atoms with Crippen molar-refractivity contribution in [2.45, 2.75) is 48.9 Å². The normalized spacial score (nSPS) is 19.4. The van der Waals surface area contributed by atoms with Crippen LogP contribution in [0.5, 0.6) is 0 Å². The molecule has 1 fully saturated rings. The van der Waals surface area contributed by atoms with Crippen molar-refractivity contribution >= 4 is 49.1 Å². The quantitative estimate of drug-likeness (QED) is 0.621. The number of rotatable bonds is 5. The van der Waals surface area contributed by atoms with Crippen LogP contribution in [0.2, 0.25) is 0 Å². The third-order valence-electron chi connectivity index (χ3n) is 2.82. The van der Waals surface area contributed by atoms with Gasteiger partial charge in [-0.3, -0.25) is 0 Å². The van der Waals surface area contributed by atoms with Gasteiger partial charge in [0.25, 0.3) is 0 Å². The van der Waals surface area contributed by atoms with E-state index in [1.165, 1.54) is 32.1 Å². The fourth-order valence-electron chi connectivity index (χ4n) is 2.06. The summed E-state index contributed by atoms with van der Waals surface area (Å²) in [5.41, 5.74) is 1.72.